The van der Waals surface area contributed by atoms with Gasteiger partial charge in [0.1, 0.15) is 24.2 Å². The number of rotatable bonds is 6. The number of nitrogens with zero attached hydrogens (tertiary/aromatic N) is 4. The summed E-state index contributed by atoms with van der Waals surface area (Å²) in [6.07, 6.45) is -0.362. The molecule has 1 saturated heterocycles. The van der Waals surface area contributed by atoms with Gasteiger partial charge in [-0.3, -0.25) is 13.7 Å². The van der Waals surface area contributed by atoms with Crippen molar-refractivity contribution in [2.24, 2.45) is 0 Å². The van der Waals surface area contributed by atoms with Crippen molar-refractivity contribution in [2.45, 2.75) is 24.9 Å². The van der Waals surface area contributed by atoms with Gasteiger partial charge in [0.2, 0.25) is 0 Å². The summed E-state index contributed by atoms with van der Waals surface area (Å²) in [4.78, 5) is 42.0. The van der Waals surface area contributed by atoms with Crippen LogP contribution >= 0.6 is 15.6 Å². The second kappa shape index (κ2) is 6.93. The summed E-state index contributed by atoms with van der Waals surface area (Å²) < 4.78 is 36.5. The molecule has 5 atom stereocenters. The summed E-state index contributed by atoms with van der Waals surface area (Å²) in [7, 11) is -10.9. The standard InChI is InChI=1S/C10H15N5O9P2/c11-9-8-10(13-3-12-9)15(4-14-8)7-1-5(16)6(23-7)2-22-26(20,21)24-25(17,18)19/h3-7,16H,1-2H2,(H,20,21)(H2,11,12,13)(H2,17,18,19)/p-2/t5-,6+,7+/m0/s1. The minimum absolute atomic E-state index is 0.0491. The Morgan fingerprint density at radius 2 is 2.12 bits per heavy atom. The number of anilines is 1. The molecule has 14 nitrogen and oxygen atoms in total. The molecule has 1 aliphatic rings. The average molecular weight is 409 g/mol. The number of nitrogens with two attached hydrogens (primary N) is 1. The number of hydrogen-bond acceptors (Lipinski definition) is 12. The minimum Gasteiger partial charge on any atom is -0.756 e. The smallest absolute Gasteiger partial charge is 0.274 e. The van der Waals surface area contributed by atoms with Gasteiger partial charge >= 0.3 is 0 Å². The largest absolute Gasteiger partial charge is 0.756 e. The fraction of sp³-hybridized carbons (Fsp3) is 0.500. The van der Waals surface area contributed by atoms with E-state index in [0.717, 1.165) is 0 Å². The lowest BCUT2D eigenvalue weighted by molar-refractivity contribution is -0.242. The third-order valence-electron chi connectivity index (χ3n) is 3.50. The van der Waals surface area contributed by atoms with Gasteiger partial charge in [-0.15, -0.1) is 0 Å². The molecule has 0 saturated carbocycles. The molecular weight excluding hydrogens is 396 g/mol. The molecule has 144 valence electrons. The maximum atomic E-state index is 11.3. The van der Waals surface area contributed by atoms with Crippen molar-refractivity contribution in [3.63, 3.8) is 0 Å². The van der Waals surface area contributed by atoms with E-state index in [1.807, 2.05) is 0 Å². The van der Waals surface area contributed by atoms with Crippen LogP contribution in [0.1, 0.15) is 12.6 Å². The van der Waals surface area contributed by atoms with Gasteiger partial charge in [0, 0.05) is 6.42 Å². The topological polar surface area (TPSA) is 218 Å². The Morgan fingerprint density at radius 3 is 2.81 bits per heavy atom. The Hall–Kier alpha value is -1.47. The van der Waals surface area contributed by atoms with E-state index in [-0.39, 0.29) is 12.2 Å². The number of imidazole rings is 1. The number of aromatic nitrogens is 4. The zero-order valence-corrected chi connectivity index (χ0v) is 14.6. The van der Waals surface area contributed by atoms with Gasteiger partial charge in [-0.1, -0.05) is 0 Å². The summed E-state index contributed by atoms with van der Waals surface area (Å²) in [5.74, 6) is 0.155. The lowest BCUT2D eigenvalue weighted by Gasteiger charge is -2.28. The molecule has 0 radical (unpaired) electrons. The predicted octanol–water partition coefficient (Wildman–Crippen LogP) is -1.98. The van der Waals surface area contributed by atoms with Crippen LogP contribution in [0, 0.1) is 0 Å². The first kappa shape index (κ1) is 19.3. The van der Waals surface area contributed by atoms with Crippen LogP contribution in [-0.4, -0.2) is 48.3 Å². The SMILES string of the molecule is Nc1ncnc2c1ncn2[C@H]1C[C@H](O)[C@@H](COP(=O)([O-])OP(=O)([O-])O)O1. The van der Waals surface area contributed by atoms with Crippen molar-refractivity contribution in [1.82, 2.24) is 19.5 Å². The third kappa shape index (κ3) is 4.26. The van der Waals surface area contributed by atoms with Gasteiger partial charge in [0.05, 0.1) is 19.0 Å². The number of phosphoric ester groups is 1. The second-order valence-corrected chi connectivity index (χ2v) is 8.05. The van der Waals surface area contributed by atoms with Gasteiger partial charge in [-0.2, -0.15) is 0 Å². The monoisotopic (exact) mass is 409 g/mol. The van der Waals surface area contributed by atoms with E-state index in [2.05, 4.69) is 23.8 Å². The van der Waals surface area contributed by atoms with E-state index in [1.165, 1.54) is 17.2 Å². The molecule has 3 rings (SSSR count). The first-order chi connectivity index (χ1) is 12.1. The van der Waals surface area contributed by atoms with Gasteiger partial charge in [-0.25, -0.2) is 19.3 Å². The van der Waals surface area contributed by atoms with E-state index in [0.29, 0.717) is 11.2 Å². The number of hydrogen-bond donors (Lipinski definition) is 3. The van der Waals surface area contributed by atoms with E-state index in [4.69, 9.17) is 15.4 Å². The molecule has 2 aromatic rings. The summed E-state index contributed by atoms with van der Waals surface area (Å²) in [6.45, 7) is -0.734. The van der Waals surface area contributed by atoms with Crippen molar-refractivity contribution >= 4 is 32.6 Å². The fourth-order valence-corrected chi connectivity index (χ4v) is 3.96. The molecule has 2 unspecified atom stereocenters. The molecule has 1 aliphatic heterocycles. The lowest BCUT2D eigenvalue weighted by Crippen LogP contribution is -2.27. The van der Waals surface area contributed by atoms with Crippen molar-refractivity contribution in [1.29, 1.82) is 0 Å². The molecule has 2 aromatic heterocycles. The highest BCUT2D eigenvalue weighted by atomic mass is 31.3. The number of ether oxygens (including phenoxy) is 1. The Kier molecular flexibility index (Phi) is 5.14. The number of aliphatic hydroxyl groups is 1. The molecule has 4 N–H and O–H groups in total. The molecule has 3 heterocycles. The number of nitrogen functional groups attached to an aromatic ring is 1. The van der Waals surface area contributed by atoms with E-state index in [1.54, 1.807) is 0 Å². The van der Waals surface area contributed by atoms with Crippen LogP contribution in [0.15, 0.2) is 12.7 Å². The van der Waals surface area contributed by atoms with E-state index < -0.39 is 40.7 Å². The molecule has 1 fully saturated rings. The first-order valence-corrected chi connectivity index (χ1v) is 9.98. The van der Waals surface area contributed by atoms with Gasteiger partial charge in [0.15, 0.2) is 11.5 Å². The zero-order chi connectivity index (χ0) is 19.1. The minimum atomic E-state index is -5.54. The average Bonchev–Trinajstić information content (AvgIpc) is 3.07. The van der Waals surface area contributed by atoms with Gasteiger partial charge in [0.25, 0.3) is 15.6 Å². The number of aliphatic hydroxyl groups excluding tert-OH is 1. The number of fused-ring (bicyclic) bond motifs is 1. The maximum absolute atomic E-state index is 11.3. The second-order valence-electron chi connectivity index (χ2n) is 5.31. The fourth-order valence-electron chi connectivity index (χ4n) is 2.43. The Labute approximate surface area is 145 Å². The van der Waals surface area contributed by atoms with E-state index in [9.17, 15) is 24.0 Å². The highest BCUT2D eigenvalue weighted by molar-refractivity contribution is 7.59. The Morgan fingerprint density at radius 1 is 1.38 bits per heavy atom. The normalized spacial score (nSPS) is 28.1. The summed E-state index contributed by atoms with van der Waals surface area (Å²) in [5, 5.41) is 10.0. The summed E-state index contributed by atoms with van der Waals surface area (Å²) in [6, 6.07) is 0. The maximum Gasteiger partial charge on any atom is 0.274 e. The molecular formula is C10H13N5O9P2-2. The van der Waals surface area contributed by atoms with Crippen LogP contribution in [0.5, 0.6) is 0 Å². The Bertz CT molecular complexity index is 900. The van der Waals surface area contributed by atoms with Crippen molar-refractivity contribution < 1.29 is 42.5 Å². The molecule has 0 bridgehead atoms. The van der Waals surface area contributed by atoms with Crippen LogP contribution in [-0.2, 0) is 22.7 Å². The first-order valence-electron chi connectivity index (χ1n) is 7.03. The highest BCUT2D eigenvalue weighted by Gasteiger charge is 2.37. The van der Waals surface area contributed by atoms with Crippen molar-refractivity contribution in [2.75, 3.05) is 12.3 Å². The van der Waals surface area contributed by atoms with Crippen molar-refractivity contribution in [3.8, 4) is 0 Å². The lowest BCUT2D eigenvalue weighted by atomic mass is 10.2. The summed E-state index contributed by atoms with van der Waals surface area (Å²) >= 11 is 0. The quantitative estimate of drug-likeness (QED) is 0.441. The van der Waals surface area contributed by atoms with E-state index >= 15 is 0 Å². The highest BCUT2D eigenvalue weighted by Crippen LogP contribution is 2.52. The molecule has 0 spiro atoms. The molecule has 16 heteroatoms. The Balaban J connectivity index is 1.69. The molecule has 0 aliphatic carbocycles. The van der Waals surface area contributed by atoms with Gasteiger partial charge in [-0.05, 0) is 0 Å². The third-order valence-corrected chi connectivity index (χ3v) is 5.59. The van der Waals surface area contributed by atoms with Crippen LogP contribution in [0.3, 0.4) is 0 Å². The van der Waals surface area contributed by atoms with Gasteiger partial charge < -0.3 is 34.8 Å². The van der Waals surface area contributed by atoms with Crippen LogP contribution in [0.2, 0.25) is 0 Å². The molecule has 0 aromatic carbocycles. The van der Waals surface area contributed by atoms with Crippen LogP contribution in [0.25, 0.3) is 11.2 Å². The van der Waals surface area contributed by atoms with Crippen molar-refractivity contribution in [3.05, 3.63) is 12.7 Å². The van der Waals surface area contributed by atoms with Crippen LogP contribution < -0.4 is 15.5 Å². The van der Waals surface area contributed by atoms with Crippen LogP contribution in [0.4, 0.5) is 5.82 Å². The summed E-state index contributed by atoms with van der Waals surface area (Å²) in [5.41, 5.74) is 6.36. The molecule has 0 amide bonds. The number of phosphoric acid groups is 2. The predicted molar refractivity (Wildman–Crippen MR) is 78.7 cm³/mol. The zero-order valence-electron chi connectivity index (χ0n) is 12.8. The molecule has 26 heavy (non-hydrogen) atoms.